The Bertz CT molecular complexity index is 280. The van der Waals surface area contributed by atoms with Crippen LogP contribution < -0.4 is 0 Å². The normalized spacial score (nSPS) is 16.6. The van der Waals surface area contributed by atoms with Gasteiger partial charge in [0.05, 0.1) is 0 Å². The molecule has 58 valence electrons. The molecule has 1 rings (SSSR count). The fraction of sp³-hybridized carbons (Fsp3) is 0.250. The average molecular weight is 151 g/mol. The van der Waals surface area contributed by atoms with Gasteiger partial charge in [0.1, 0.15) is 5.76 Å². The SMILES string of the molecule is CCC1=NC(O)=C=CC(O)=C1. The van der Waals surface area contributed by atoms with Crippen LogP contribution in [0.25, 0.3) is 0 Å². The van der Waals surface area contributed by atoms with E-state index in [1.54, 1.807) is 0 Å². The number of aliphatic imine (C=N–C) groups is 1. The van der Waals surface area contributed by atoms with Crippen LogP contribution in [-0.4, -0.2) is 15.9 Å². The van der Waals surface area contributed by atoms with Crippen LogP contribution in [0.3, 0.4) is 0 Å². The molecule has 1 heterocycles. The van der Waals surface area contributed by atoms with Crippen molar-refractivity contribution in [2.45, 2.75) is 13.3 Å². The first-order chi connectivity index (χ1) is 5.22. The van der Waals surface area contributed by atoms with E-state index in [2.05, 4.69) is 10.7 Å². The van der Waals surface area contributed by atoms with Crippen molar-refractivity contribution in [3.05, 3.63) is 29.5 Å². The van der Waals surface area contributed by atoms with Crippen molar-refractivity contribution in [3.63, 3.8) is 0 Å². The molecule has 0 saturated heterocycles. The zero-order valence-electron chi connectivity index (χ0n) is 6.20. The Balaban J connectivity index is 3.03. The first-order valence-electron chi connectivity index (χ1n) is 3.36. The molecule has 0 spiro atoms. The molecule has 3 heteroatoms. The highest BCUT2D eigenvalue weighted by Gasteiger charge is 1.98. The van der Waals surface area contributed by atoms with Gasteiger partial charge in [0.2, 0.25) is 0 Å². The van der Waals surface area contributed by atoms with Gasteiger partial charge in [-0.2, -0.15) is 0 Å². The Morgan fingerprint density at radius 2 is 2.27 bits per heavy atom. The monoisotopic (exact) mass is 151 g/mol. The molecule has 1 aliphatic heterocycles. The van der Waals surface area contributed by atoms with E-state index < -0.39 is 0 Å². The molecule has 0 radical (unpaired) electrons. The van der Waals surface area contributed by atoms with E-state index in [1.165, 1.54) is 12.2 Å². The summed E-state index contributed by atoms with van der Waals surface area (Å²) in [4.78, 5) is 3.76. The number of aliphatic hydroxyl groups is 2. The van der Waals surface area contributed by atoms with Crippen molar-refractivity contribution in [2.75, 3.05) is 0 Å². The largest absolute Gasteiger partial charge is 0.507 e. The topological polar surface area (TPSA) is 52.8 Å². The lowest BCUT2D eigenvalue weighted by atomic mass is 10.2. The molecular weight excluding hydrogens is 142 g/mol. The van der Waals surface area contributed by atoms with Gasteiger partial charge in [0.25, 0.3) is 5.88 Å². The molecule has 0 atom stereocenters. The summed E-state index contributed by atoms with van der Waals surface area (Å²) in [6.45, 7) is 1.89. The molecule has 3 nitrogen and oxygen atoms in total. The predicted molar refractivity (Wildman–Crippen MR) is 42.7 cm³/mol. The van der Waals surface area contributed by atoms with Crippen LogP contribution in [0.1, 0.15) is 13.3 Å². The second-order valence-electron chi connectivity index (χ2n) is 2.14. The number of allylic oxidation sites excluding steroid dienone is 2. The zero-order valence-corrected chi connectivity index (χ0v) is 6.20. The summed E-state index contributed by atoms with van der Waals surface area (Å²) in [6, 6.07) is 0. The minimum atomic E-state index is -0.192. The molecule has 0 fully saturated rings. The highest BCUT2D eigenvalue weighted by atomic mass is 16.3. The fourth-order valence-corrected chi connectivity index (χ4v) is 0.733. The van der Waals surface area contributed by atoms with E-state index in [0.29, 0.717) is 12.1 Å². The average Bonchev–Trinajstić information content (AvgIpc) is 2.13. The minimum Gasteiger partial charge on any atom is -0.507 e. The van der Waals surface area contributed by atoms with Crippen molar-refractivity contribution >= 4 is 5.71 Å². The molecule has 0 aromatic carbocycles. The van der Waals surface area contributed by atoms with Crippen LogP contribution in [0.5, 0.6) is 0 Å². The van der Waals surface area contributed by atoms with Gasteiger partial charge in [0, 0.05) is 17.9 Å². The Labute approximate surface area is 64.7 Å². The van der Waals surface area contributed by atoms with Crippen molar-refractivity contribution < 1.29 is 10.2 Å². The highest BCUT2D eigenvalue weighted by Crippen LogP contribution is 2.03. The second kappa shape index (κ2) is 3.08. The third-order valence-corrected chi connectivity index (χ3v) is 1.28. The van der Waals surface area contributed by atoms with E-state index in [1.807, 2.05) is 6.92 Å². The first kappa shape index (κ1) is 7.63. The lowest BCUT2D eigenvalue weighted by Crippen LogP contribution is -1.91. The standard InChI is InChI=1S/C8H9NO2/c1-2-6-5-7(10)3-4-8(11)9-6/h3,5,10-11H,2H2,1H3. The third kappa shape index (κ3) is 1.99. The fourth-order valence-electron chi connectivity index (χ4n) is 0.733. The quantitative estimate of drug-likeness (QED) is 0.562. The lowest BCUT2D eigenvalue weighted by molar-refractivity contribution is 0.407. The molecular formula is C8H9NO2. The summed E-state index contributed by atoms with van der Waals surface area (Å²) >= 11 is 0. The van der Waals surface area contributed by atoms with E-state index in [9.17, 15) is 0 Å². The lowest BCUT2D eigenvalue weighted by Gasteiger charge is -1.92. The molecule has 0 saturated carbocycles. The molecule has 0 unspecified atom stereocenters. The molecule has 0 aromatic heterocycles. The van der Waals surface area contributed by atoms with Gasteiger partial charge in [-0.05, 0) is 6.42 Å². The second-order valence-corrected chi connectivity index (χ2v) is 2.14. The maximum Gasteiger partial charge on any atom is 0.257 e. The number of rotatable bonds is 1. The molecule has 11 heavy (non-hydrogen) atoms. The van der Waals surface area contributed by atoms with Gasteiger partial charge in [-0.25, -0.2) is 4.99 Å². The molecule has 1 aliphatic rings. The summed E-state index contributed by atoms with van der Waals surface area (Å²) in [5.41, 5.74) is 3.04. The van der Waals surface area contributed by atoms with Crippen molar-refractivity contribution in [2.24, 2.45) is 4.99 Å². The highest BCUT2D eigenvalue weighted by molar-refractivity contribution is 5.96. The van der Waals surface area contributed by atoms with Crippen molar-refractivity contribution in [1.82, 2.24) is 0 Å². The molecule has 2 N–H and O–H groups in total. The van der Waals surface area contributed by atoms with Gasteiger partial charge in [-0.1, -0.05) is 12.7 Å². The van der Waals surface area contributed by atoms with E-state index in [4.69, 9.17) is 10.2 Å². The maximum atomic E-state index is 9.05. The Morgan fingerprint density at radius 3 is 2.91 bits per heavy atom. The summed E-state index contributed by atoms with van der Waals surface area (Å²) in [5.74, 6) is -0.128. The van der Waals surface area contributed by atoms with Crippen LogP contribution in [0.15, 0.2) is 34.5 Å². The van der Waals surface area contributed by atoms with Crippen LogP contribution in [0.2, 0.25) is 0 Å². The van der Waals surface area contributed by atoms with E-state index in [0.717, 1.165) is 0 Å². The molecule has 0 bridgehead atoms. The van der Waals surface area contributed by atoms with Gasteiger partial charge in [-0.3, -0.25) is 0 Å². The summed E-state index contributed by atoms with van der Waals surface area (Å²) < 4.78 is 0. The Morgan fingerprint density at radius 1 is 1.55 bits per heavy atom. The van der Waals surface area contributed by atoms with Crippen molar-refractivity contribution in [3.8, 4) is 0 Å². The summed E-state index contributed by atoms with van der Waals surface area (Å²) in [5, 5.41) is 18.0. The van der Waals surface area contributed by atoms with Crippen LogP contribution in [-0.2, 0) is 0 Å². The number of nitrogens with zero attached hydrogens (tertiary/aromatic N) is 1. The maximum absolute atomic E-state index is 9.05. The predicted octanol–water partition coefficient (Wildman–Crippen LogP) is 1.85. The van der Waals surface area contributed by atoms with E-state index >= 15 is 0 Å². The van der Waals surface area contributed by atoms with Gasteiger partial charge < -0.3 is 10.2 Å². The number of aliphatic hydroxyl groups excluding tert-OH is 2. The van der Waals surface area contributed by atoms with Crippen LogP contribution >= 0.6 is 0 Å². The molecule has 0 aliphatic carbocycles. The Hall–Kier alpha value is -1.47. The number of hydrogen-bond donors (Lipinski definition) is 2. The molecule has 0 amide bonds. The minimum absolute atomic E-state index is 0.0645. The van der Waals surface area contributed by atoms with Crippen LogP contribution in [0, 0.1) is 0 Å². The smallest absolute Gasteiger partial charge is 0.257 e. The van der Waals surface area contributed by atoms with E-state index in [-0.39, 0.29) is 11.6 Å². The first-order valence-corrected chi connectivity index (χ1v) is 3.36. The van der Waals surface area contributed by atoms with Gasteiger partial charge in [-0.15, -0.1) is 0 Å². The van der Waals surface area contributed by atoms with Crippen molar-refractivity contribution in [1.29, 1.82) is 0 Å². The summed E-state index contributed by atoms with van der Waals surface area (Å²) in [6.07, 6.45) is 3.45. The number of hydrogen-bond acceptors (Lipinski definition) is 3. The van der Waals surface area contributed by atoms with Gasteiger partial charge >= 0.3 is 0 Å². The zero-order chi connectivity index (χ0) is 8.27. The van der Waals surface area contributed by atoms with Gasteiger partial charge in [0.15, 0.2) is 0 Å². The molecule has 0 aromatic rings. The Kier molecular flexibility index (Phi) is 2.14. The third-order valence-electron chi connectivity index (χ3n) is 1.28. The summed E-state index contributed by atoms with van der Waals surface area (Å²) in [7, 11) is 0. The van der Waals surface area contributed by atoms with Crippen LogP contribution in [0.4, 0.5) is 0 Å².